The van der Waals surface area contributed by atoms with Crippen LogP contribution in [0.1, 0.15) is 5.56 Å². The standard InChI is InChI=1S/C16H12Cl2N6O2S/c17-11-1-4-13(5-2-11)24-16(21-22-23-24)27-9-15(26)20-19-8-10-7-12(18)3-6-14(10)25/h1-8,25H,9H2,(H,20,26)/b19-8-. The van der Waals surface area contributed by atoms with Gasteiger partial charge >= 0.3 is 0 Å². The van der Waals surface area contributed by atoms with Crippen LogP contribution >= 0.6 is 35.0 Å². The molecule has 0 unspecified atom stereocenters. The molecule has 2 N–H and O–H groups in total. The van der Waals surface area contributed by atoms with Crippen LogP contribution in [0.5, 0.6) is 5.75 Å². The van der Waals surface area contributed by atoms with Crippen LogP contribution in [0.15, 0.2) is 52.7 Å². The summed E-state index contributed by atoms with van der Waals surface area (Å²) in [6.07, 6.45) is 1.31. The number of rotatable bonds is 6. The van der Waals surface area contributed by atoms with E-state index in [9.17, 15) is 9.90 Å². The Morgan fingerprint density at radius 2 is 1.96 bits per heavy atom. The SMILES string of the molecule is O=C(CSc1nnnn1-c1ccc(Cl)cc1)N/N=C\c1cc(Cl)ccc1O. The normalized spacial score (nSPS) is 11.0. The number of nitrogens with one attached hydrogen (secondary N) is 1. The lowest BCUT2D eigenvalue weighted by molar-refractivity contribution is -0.118. The lowest BCUT2D eigenvalue weighted by Gasteiger charge is -2.04. The molecule has 8 nitrogen and oxygen atoms in total. The van der Waals surface area contributed by atoms with Gasteiger partial charge in [-0.25, -0.2) is 5.43 Å². The highest BCUT2D eigenvalue weighted by atomic mass is 35.5. The van der Waals surface area contributed by atoms with Crippen LogP contribution in [0.2, 0.25) is 10.0 Å². The maximum Gasteiger partial charge on any atom is 0.250 e. The van der Waals surface area contributed by atoms with Crippen LogP contribution < -0.4 is 5.43 Å². The third-order valence-electron chi connectivity index (χ3n) is 3.23. The number of hydrogen-bond acceptors (Lipinski definition) is 7. The summed E-state index contributed by atoms with van der Waals surface area (Å²) in [5, 5.41) is 26.4. The van der Waals surface area contributed by atoms with Crippen LogP contribution in [-0.2, 0) is 4.79 Å². The Morgan fingerprint density at radius 3 is 2.74 bits per heavy atom. The van der Waals surface area contributed by atoms with Crippen molar-refractivity contribution < 1.29 is 9.90 Å². The first-order valence-electron chi connectivity index (χ1n) is 7.50. The zero-order chi connectivity index (χ0) is 19.2. The number of amides is 1. The number of phenols is 1. The summed E-state index contributed by atoms with van der Waals surface area (Å²) in [7, 11) is 0. The maximum atomic E-state index is 11.9. The number of thioether (sulfide) groups is 1. The number of carbonyl (C=O) groups excluding carboxylic acids is 1. The van der Waals surface area contributed by atoms with Crippen LogP contribution in [0.4, 0.5) is 0 Å². The molecule has 1 amide bonds. The van der Waals surface area contributed by atoms with Crippen molar-refractivity contribution in [1.29, 1.82) is 0 Å². The molecule has 2 aromatic carbocycles. The van der Waals surface area contributed by atoms with Crippen molar-refractivity contribution in [1.82, 2.24) is 25.6 Å². The Kier molecular flexibility index (Phi) is 6.28. The summed E-state index contributed by atoms with van der Waals surface area (Å²) in [4.78, 5) is 11.9. The van der Waals surface area contributed by atoms with Gasteiger partial charge in [0, 0.05) is 15.6 Å². The van der Waals surface area contributed by atoms with Gasteiger partial charge in [-0.3, -0.25) is 4.79 Å². The minimum atomic E-state index is -0.358. The van der Waals surface area contributed by atoms with Crippen molar-refractivity contribution in [3.05, 3.63) is 58.1 Å². The smallest absolute Gasteiger partial charge is 0.250 e. The number of hydrazone groups is 1. The first kappa shape index (κ1) is 19.2. The number of halogens is 2. The molecule has 0 aliphatic rings. The summed E-state index contributed by atoms with van der Waals surface area (Å²) in [6.45, 7) is 0. The van der Waals surface area contributed by atoms with Gasteiger partial charge in [-0.05, 0) is 52.9 Å². The molecule has 0 atom stereocenters. The summed E-state index contributed by atoms with van der Waals surface area (Å²) < 4.78 is 1.50. The summed E-state index contributed by atoms with van der Waals surface area (Å²) in [5.41, 5.74) is 3.48. The molecule has 0 fully saturated rings. The van der Waals surface area contributed by atoms with E-state index < -0.39 is 0 Å². The predicted octanol–water partition coefficient (Wildman–Crippen LogP) is 2.92. The van der Waals surface area contributed by atoms with E-state index in [0.717, 1.165) is 17.4 Å². The Morgan fingerprint density at radius 1 is 1.22 bits per heavy atom. The van der Waals surface area contributed by atoms with Gasteiger partial charge in [-0.1, -0.05) is 35.0 Å². The summed E-state index contributed by atoms with van der Waals surface area (Å²) >= 11 is 12.9. The van der Waals surface area contributed by atoms with Gasteiger partial charge in [0.05, 0.1) is 17.7 Å². The monoisotopic (exact) mass is 422 g/mol. The number of phenolic OH excluding ortho intramolecular Hbond substituents is 1. The maximum absolute atomic E-state index is 11.9. The van der Waals surface area contributed by atoms with E-state index in [1.54, 1.807) is 30.3 Å². The van der Waals surface area contributed by atoms with Crippen LogP contribution in [0, 0.1) is 0 Å². The highest BCUT2D eigenvalue weighted by molar-refractivity contribution is 7.99. The van der Waals surface area contributed by atoms with E-state index >= 15 is 0 Å². The van der Waals surface area contributed by atoms with E-state index in [2.05, 4.69) is 26.1 Å². The molecule has 0 spiro atoms. The number of aromatic nitrogens is 4. The number of benzene rings is 2. The Balaban J connectivity index is 1.57. The fourth-order valence-electron chi connectivity index (χ4n) is 1.98. The molecule has 0 saturated heterocycles. The van der Waals surface area contributed by atoms with Crippen molar-refractivity contribution >= 4 is 47.1 Å². The topological polar surface area (TPSA) is 105 Å². The molecule has 27 heavy (non-hydrogen) atoms. The molecule has 3 aromatic rings. The quantitative estimate of drug-likeness (QED) is 0.359. The third-order valence-corrected chi connectivity index (χ3v) is 4.63. The molecule has 0 saturated carbocycles. The molecule has 3 rings (SSSR count). The first-order chi connectivity index (χ1) is 13.0. The van der Waals surface area contributed by atoms with Gasteiger partial charge in [-0.15, -0.1) is 5.10 Å². The largest absolute Gasteiger partial charge is 0.507 e. The Labute approximate surface area is 168 Å². The molecule has 0 radical (unpaired) electrons. The minimum absolute atomic E-state index is 0.00825. The zero-order valence-corrected chi connectivity index (χ0v) is 15.9. The van der Waals surface area contributed by atoms with E-state index in [4.69, 9.17) is 23.2 Å². The average molecular weight is 423 g/mol. The number of tetrazole rings is 1. The fourth-order valence-corrected chi connectivity index (χ4v) is 2.97. The van der Waals surface area contributed by atoms with Crippen molar-refractivity contribution in [2.75, 3.05) is 5.75 Å². The molecular formula is C16H12Cl2N6O2S. The molecular weight excluding hydrogens is 411 g/mol. The lowest BCUT2D eigenvalue weighted by atomic mass is 10.2. The van der Waals surface area contributed by atoms with E-state index in [1.807, 2.05) is 0 Å². The van der Waals surface area contributed by atoms with E-state index in [1.165, 1.54) is 23.0 Å². The molecule has 138 valence electrons. The number of aromatic hydroxyl groups is 1. The van der Waals surface area contributed by atoms with Crippen LogP contribution in [-0.4, -0.2) is 43.2 Å². The van der Waals surface area contributed by atoms with Gasteiger partial charge < -0.3 is 5.11 Å². The van der Waals surface area contributed by atoms with Gasteiger partial charge in [0.1, 0.15) is 5.75 Å². The predicted molar refractivity (Wildman–Crippen MR) is 104 cm³/mol. The van der Waals surface area contributed by atoms with Gasteiger partial charge in [0.25, 0.3) is 5.91 Å². The number of hydrogen-bond donors (Lipinski definition) is 2. The second kappa shape index (κ2) is 8.85. The summed E-state index contributed by atoms with van der Waals surface area (Å²) in [5.74, 6) is -0.301. The van der Waals surface area contributed by atoms with Gasteiger partial charge in [-0.2, -0.15) is 9.78 Å². The molecule has 0 aliphatic heterocycles. The Bertz CT molecular complexity index is 977. The average Bonchev–Trinajstić information content (AvgIpc) is 3.12. The Hall–Kier alpha value is -2.62. The van der Waals surface area contributed by atoms with Crippen molar-refractivity contribution in [2.45, 2.75) is 5.16 Å². The van der Waals surface area contributed by atoms with Crippen molar-refractivity contribution in [3.8, 4) is 11.4 Å². The second-order valence-corrected chi connectivity index (χ2v) is 6.95. The molecule has 0 aliphatic carbocycles. The fraction of sp³-hybridized carbons (Fsp3) is 0.0625. The third kappa shape index (κ3) is 5.19. The molecule has 11 heteroatoms. The van der Waals surface area contributed by atoms with Crippen molar-refractivity contribution in [3.63, 3.8) is 0 Å². The van der Waals surface area contributed by atoms with E-state index in [0.29, 0.717) is 20.8 Å². The van der Waals surface area contributed by atoms with Crippen molar-refractivity contribution in [2.24, 2.45) is 5.10 Å². The van der Waals surface area contributed by atoms with Gasteiger partial charge in [0.15, 0.2) is 0 Å². The zero-order valence-electron chi connectivity index (χ0n) is 13.6. The highest BCUT2D eigenvalue weighted by Gasteiger charge is 2.11. The lowest BCUT2D eigenvalue weighted by Crippen LogP contribution is -2.20. The molecule has 1 heterocycles. The molecule has 1 aromatic heterocycles. The number of nitrogens with zero attached hydrogens (tertiary/aromatic N) is 5. The second-order valence-electron chi connectivity index (χ2n) is 5.13. The van der Waals surface area contributed by atoms with E-state index in [-0.39, 0.29) is 17.4 Å². The molecule has 0 bridgehead atoms. The van der Waals surface area contributed by atoms with Crippen LogP contribution in [0.3, 0.4) is 0 Å². The highest BCUT2D eigenvalue weighted by Crippen LogP contribution is 2.20. The first-order valence-corrected chi connectivity index (χ1v) is 9.24. The minimum Gasteiger partial charge on any atom is -0.507 e. The van der Waals surface area contributed by atoms with Crippen LogP contribution in [0.25, 0.3) is 5.69 Å². The van der Waals surface area contributed by atoms with Gasteiger partial charge in [0.2, 0.25) is 5.16 Å². The summed E-state index contributed by atoms with van der Waals surface area (Å²) in [6, 6.07) is 11.5. The number of carbonyl (C=O) groups is 1.